The Morgan fingerprint density at radius 3 is 1.25 bits per heavy atom. The molecule has 31 valence electrons. The molecule has 0 atom stereocenters. The summed E-state index contributed by atoms with van der Waals surface area (Å²) in [5.41, 5.74) is 0. The standard InChI is InChI=1S/2O.Pt.Rh. The summed E-state index contributed by atoms with van der Waals surface area (Å²) in [6, 6.07) is 0. The van der Waals surface area contributed by atoms with E-state index in [-0.39, 0.29) is 0 Å². The van der Waals surface area contributed by atoms with E-state index < -0.39 is 0 Å². The predicted octanol–water partition coefficient (Wildman–Crippen LogP) is -0.243. The van der Waals surface area contributed by atoms with Crippen LogP contribution in [0.2, 0.25) is 0 Å². The molecule has 4 heteroatoms. The maximum atomic E-state index is 8.22. The van der Waals surface area contributed by atoms with Crippen LogP contribution in [-0.4, -0.2) is 0 Å². The number of rotatable bonds is 0. The molecule has 0 aromatic carbocycles. The predicted molar refractivity (Wildman–Crippen MR) is 1.37 cm³/mol. The summed E-state index contributed by atoms with van der Waals surface area (Å²) in [7, 11) is 0. The molecule has 4 heavy (non-hydrogen) atoms. The molecule has 0 fully saturated rings. The number of hydrogen-bond donors (Lipinski definition) is 0. The van der Waals surface area contributed by atoms with Crippen molar-refractivity contribution in [1.82, 2.24) is 0 Å². The van der Waals surface area contributed by atoms with Gasteiger partial charge in [0.2, 0.25) is 0 Å². The summed E-state index contributed by atoms with van der Waals surface area (Å²) < 4.78 is 16.4. The topological polar surface area (TPSA) is 34.1 Å². The molecule has 0 aliphatic heterocycles. The zero-order chi connectivity index (χ0) is 4.00. The SMILES string of the molecule is [O]=[Pt].[O]=[Rh]. The van der Waals surface area contributed by atoms with Crippen molar-refractivity contribution < 1.29 is 45.0 Å². The van der Waals surface area contributed by atoms with Gasteiger partial charge in [0.1, 0.15) is 0 Å². The van der Waals surface area contributed by atoms with E-state index in [0.29, 0.717) is 0 Å². The summed E-state index contributed by atoms with van der Waals surface area (Å²) in [5, 5.41) is 0. The molecule has 0 unspecified atom stereocenters. The first kappa shape index (κ1) is 8.86. The van der Waals surface area contributed by atoms with Crippen LogP contribution in [0, 0.1) is 0 Å². The van der Waals surface area contributed by atoms with Crippen molar-refractivity contribution in [1.29, 1.82) is 0 Å². The van der Waals surface area contributed by atoms with Crippen LogP contribution in [0.3, 0.4) is 0 Å². The van der Waals surface area contributed by atoms with Crippen LogP contribution in [0.25, 0.3) is 0 Å². The summed E-state index contributed by atoms with van der Waals surface area (Å²) in [6.45, 7) is 0. The van der Waals surface area contributed by atoms with E-state index >= 15 is 0 Å². The minimum absolute atomic E-state index is 0.889. The van der Waals surface area contributed by atoms with Crippen LogP contribution in [0.1, 0.15) is 0 Å². The van der Waals surface area contributed by atoms with E-state index in [1.807, 2.05) is 0 Å². The Hall–Kier alpha value is 0.912. The molecule has 0 aliphatic carbocycles. The van der Waals surface area contributed by atoms with Crippen molar-refractivity contribution in [3.8, 4) is 0 Å². The Balaban J connectivity index is 0. The van der Waals surface area contributed by atoms with Crippen molar-refractivity contribution in [2.75, 3.05) is 0 Å². The quantitative estimate of drug-likeness (QED) is 0.575. The average Bonchev–Trinajstić information content (AvgIpc) is 1.50. The second kappa shape index (κ2) is 39.9. The van der Waals surface area contributed by atoms with Gasteiger partial charge in [-0.1, -0.05) is 0 Å². The van der Waals surface area contributed by atoms with Gasteiger partial charge in [-0.25, -0.2) is 0 Å². The summed E-state index contributed by atoms with van der Waals surface area (Å²) in [4.78, 5) is 0. The van der Waals surface area contributed by atoms with E-state index in [9.17, 15) is 0 Å². The molecule has 0 saturated heterocycles. The molecule has 0 heterocycles. The van der Waals surface area contributed by atoms with Crippen molar-refractivity contribution in [2.45, 2.75) is 0 Å². The summed E-state index contributed by atoms with van der Waals surface area (Å²) in [5.74, 6) is 0. The third-order valence-electron chi connectivity index (χ3n) is 0. The molecule has 0 N–H and O–H groups in total. The summed E-state index contributed by atoms with van der Waals surface area (Å²) in [6.07, 6.45) is 0. The van der Waals surface area contributed by atoms with Crippen LogP contribution < -0.4 is 0 Å². The molecule has 0 rings (SSSR count). The van der Waals surface area contributed by atoms with Gasteiger partial charge < -0.3 is 0 Å². The number of hydrogen-bond acceptors (Lipinski definition) is 2. The van der Waals surface area contributed by atoms with Gasteiger partial charge >= 0.3 is 45.0 Å². The molecule has 0 aromatic heterocycles. The van der Waals surface area contributed by atoms with Gasteiger partial charge in [0.15, 0.2) is 0 Å². The minimum atomic E-state index is 0.889. The molecular formula is O2PtRh. The fraction of sp³-hybridized carbons (Fsp3) is 0. The Morgan fingerprint density at radius 2 is 1.25 bits per heavy atom. The Bertz CT molecular complexity index is 8.00. The molecule has 0 aliphatic rings. The Labute approximate surface area is 45.1 Å². The normalized spacial score (nSPS) is 2.75. The van der Waals surface area contributed by atoms with Gasteiger partial charge in [-0.05, 0) is 0 Å². The van der Waals surface area contributed by atoms with E-state index in [2.05, 4.69) is 0 Å². The first-order chi connectivity index (χ1) is 2.00. The van der Waals surface area contributed by atoms with Crippen LogP contribution in [0.5, 0.6) is 0 Å². The third kappa shape index (κ3) is 12.8. The maximum absolute atomic E-state index is 8.22. The molecule has 0 saturated carbocycles. The van der Waals surface area contributed by atoms with Gasteiger partial charge in [-0.2, -0.15) is 0 Å². The molecule has 0 spiro atoms. The third-order valence-corrected chi connectivity index (χ3v) is 0. The molecule has 0 radical (unpaired) electrons. The van der Waals surface area contributed by atoms with Gasteiger partial charge in [0, 0.05) is 0 Å². The van der Waals surface area contributed by atoms with E-state index in [0.717, 1.165) is 19.8 Å². The van der Waals surface area contributed by atoms with Crippen molar-refractivity contribution in [3.63, 3.8) is 0 Å². The fourth-order valence-corrected chi connectivity index (χ4v) is 0. The van der Waals surface area contributed by atoms with Crippen LogP contribution >= 0.6 is 0 Å². The van der Waals surface area contributed by atoms with Crippen molar-refractivity contribution in [3.05, 3.63) is 0 Å². The molecule has 0 amide bonds. The van der Waals surface area contributed by atoms with Crippen LogP contribution in [0.4, 0.5) is 0 Å². The zero-order valence-electron chi connectivity index (χ0n) is 1.47. The summed E-state index contributed by atoms with van der Waals surface area (Å²) >= 11 is 2.19. The fourth-order valence-electron chi connectivity index (χ4n) is 0. The Morgan fingerprint density at radius 1 is 1.25 bits per heavy atom. The van der Waals surface area contributed by atoms with Gasteiger partial charge in [0.05, 0.1) is 0 Å². The second-order valence-corrected chi connectivity index (χ2v) is 0. The Kier molecular flexibility index (Phi) is 88.4. The first-order valence-corrected chi connectivity index (χ1v) is 1.86. The van der Waals surface area contributed by atoms with Crippen molar-refractivity contribution >= 4 is 0 Å². The second-order valence-electron chi connectivity index (χ2n) is 0. The van der Waals surface area contributed by atoms with Gasteiger partial charge in [0.25, 0.3) is 0 Å². The molecular weight excluding hydrogens is 330 g/mol. The molecule has 0 aromatic rings. The van der Waals surface area contributed by atoms with Crippen molar-refractivity contribution in [2.24, 2.45) is 0 Å². The van der Waals surface area contributed by atoms with E-state index in [1.165, 1.54) is 18.3 Å². The molecule has 2 nitrogen and oxygen atoms in total. The molecule has 0 bridgehead atoms. The average molecular weight is 330 g/mol. The van der Waals surface area contributed by atoms with Gasteiger partial charge in [-0.3, -0.25) is 0 Å². The van der Waals surface area contributed by atoms with E-state index in [4.69, 9.17) is 6.97 Å². The van der Waals surface area contributed by atoms with E-state index in [1.54, 1.807) is 0 Å². The monoisotopic (exact) mass is 330 g/mol. The zero-order valence-corrected chi connectivity index (χ0v) is 5.38. The van der Waals surface area contributed by atoms with Gasteiger partial charge in [-0.15, -0.1) is 0 Å². The van der Waals surface area contributed by atoms with Crippen LogP contribution in [-0.2, 0) is 45.0 Å². The van der Waals surface area contributed by atoms with Crippen LogP contribution in [0.15, 0.2) is 0 Å². The first-order valence-electron chi connectivity index (χ1n) is 0.265.